The molecule has 2 rings (SSSR count). The number of hydrogen-bond acceptors (Lipinski definition) is 3. The predicted octanol–water partition coefficient (Wildman–Crippen LogP) is 3.05. The Morgan fingerprint density at radius 3 is 2.53 bits per heavy atom. The number of benzene rings is 2. The molecule has 1 amide bonds. The van der Waals surface area contributed by atoms with Gasteiger partial charge in [0.05, 0.1) is 17.2 Å². The first-order valence-corrected chi connectivity index (χ1v) is 5.84. The minimum Gasteiger partial charge on any atom is -0.398 e. The Labute approximate surface area is 115 Å². The fourth-order valence-electron chi connectivity index (χ4n) is 1.55. The molecule has 5 heteroatoms. The van der Waals surface area contributed by atoms with Crippen LogP contribution < -0.4 is 11.1 Å². The summed E-state index contributed by atoms with van der Waals surface area (Å²) in [5, 5.41) is 11.8. The number of carbonyl (C=O) groups excluding carboxylic acids is 1. The van der Waals surface area contributed by atoms with Crippen LogP contribution in [0.2, 0.25) is 5.02 Å². The van der Waals surface area contributed by atoms with Gasteiger partial charge in [0.25, 0.3) is 5.91 Å². The van der Waals surface area contributed by atoms with E-state index in [9.17, 15) is 4.79 Å². The third-order valence-corrected chi connectivity index (χ3v) is 2.77. The maximum Gasteiger partial charge on any atom is 0.257 e. The Morgan fingerprint density at radius 1 is 1.21 bits per heavy atom. The third kappa shape index (κ3) is 3.03. The number of carbonyl (C=O) groups is 1. The van der Waals surface area contributed by atoms with Crippen molar-refractivity contribution >= 4 is 28.9 Å². The van der Waals surface area contributed by atoms with Gasteiger partial charge in [-0.25, -0.2) is 0 Å². The summed E-state index contributed by atoms with van der Waals surface area (Å²) in [4.78, 5) is 12.0. The van der Waals surface area contributed by atoms with Gasteiger partial charge in [0.2, 0.25) is 0 Å². The van der Waals surface area contributed by atoms with Crippen molar-refractivity contribution in [1.82, 2.24) is 0 Å². The first-order chi connectivity index (χ1) is 9.10. The number of nitriles is 1. The summed E-state index contributed by atoms with van der Waals surface area (Å²) >= 11 is 5.83. The number of nitrogens with one attached hydrogen (secondary N) is 1. The van der Waals surface area contributed by atoms with Gasteiger partial charge in [-0.2, -0.15) is 5.26 Å². The van der Waals surface area contributed by atoms with E-state index in [-0.39, 0.29) is 5.91 Å². The van der Waals surface area contributed by atoms with Crippen LogP contribution in [0.5, 0.6) is 0 Å². The molecule has 0 bridgehead atoms. The zero-order valence-electron chi connectivity index (χ0n) is 9.85. The molecule has 19 heavy (non-hydrogen) atoms. The van der Waals surface area contributed by atoms with Crippen molar-refractivity contribution in [2.75, 3.05) is 11.1 Å². The lowest BCUT2D eigenvalue weighted by molar-refractivity contribution is 0.102. The maximum atomic E-state index is 12.0. The Morgan fingerprint density at radius 2 is 1.89 bits per heavy atom. The normalized spacial score (nSPS) is 9.68. The number of nitrogen functional groups attached to an aromatic ring is 1. The molecule has 2 aromatic carbocycles. The fourth-order valence-corrected chi connectivity index (χ4v) is 1.72. The molecule has 0 aliphatic heterocycles. The molecule has 0 atom stereocenters. The van der Waals surface area contributed by atoms with Gasteiger partial charge in [0.15, 0.2) is 0 Å². The Bertz CT molecular complexity index is 659. The second-order valence-electron chi connectivity index (χ2n) is 3.87. The minimum atomic E-state index is -0.343. The molecule has 0 aliphatic rings. The minimum absolute atomic E-state index is 0.317. The molecule has 0 heterocycles. The number of hydrogen-bond donors (Lipinski definition) is 2. The molecular weight excluding hydrogens is 262 g/mol. The molecule has 3 N–H and O–H groups in total. The number of nitrogens with two attached hydrogens (primary N) is 1. The monoisotopic (exact) mass is 271 g/mol. The van der Waals surface area contributed by atoms with Gasteiger partial charge in [0.1, 0.15) is 0 Å². The summed E-state index contributed by atoms with van der Waals surface area (Å²) < 4.78 is 0. The van der Waals surface area contributed by atoms with Gasteiger partial charge in [-0.05, 0) is 42.5 Å². The van der Waals surface area contributed by atoms with Gasteiger partial charge in [0, 0.05) is 16.4 Å². The Hall–Kier alpha value is -2.51. The number of rotatable bonds is 2. The van der Waals surface area contributed by atoms with Gasteiger partial charge >= 0.3 is 0 Å². The molecule has 94 valence electrons. The molecular formula is C14H10ClN3O. The Balaban J connectivity index is 2.21. The van der Waals surface area contributed by atoms with E-state index in [2.05, 4.69) is 5.32 Å². The molecule has 4 nitrogen and oxygen atoms in total. The highest BCUT2D eigenvalue weighted by Crippen LogP contribution is 2.19. The van der Waals surface area contributed by atoms with Crippen LogP contribution in [0, 0.1) is 11.3 Å². The summed E-state index contributed by atoms with van der Waals surface area (Å²) in [7, 11) is 0. The quantitative estimate of drug-likeness (QED) is 0.824. The van der Waals surface area contributed by atoms with E-state index in [0.717, 1.165) is 0 Å². The van der Waals surface area contributed by atoms with Crippen molar-refractivity contribution in [3.8, 4) is 6.07 Å². The van der Waals surface area contributed by atoms with Gasteiger partial charge in [-0.15, -0.1) is 0 Å². The molecule has 0 fully saturated rings. The van der Waals surface area contributed by atoms with Crippen LogP contribution in [0.15, 0.2) is 42.5 Å². The highest BCUT2D eigenvalue weighted by Gasteiger charge is 2.10. The largest absolute Gasteiger partial charge is 0.398 e. The first-order valence-electron chi connectivity index (χ1n) is 5.46. The summed E-state index contributed by atoms with van der Waals surface area (Å²) in [6, 6.07) is 13.3. The van der Waals surface area contributed by atoms with Crippen molar-refractivity contribution < 1.29 is 4.79 Å². The SMILES string of the molecule is N#Cc1ccc(NC(=O)c2cc(Cl)ccc2N)cc1. The molecule has 0 spiro atoms. The first kappa shape index (κ1) is 12.9. The van der Waals surface area contributed by atoms with Crippen molar-refractivity contribution in [1.29, 1.82) is 5.26 Å². The van der Waals surface area contributed by atoms with Crippen LogP contribution >= 0.6 is 11.6 Å². The third-order valence-electron chi connectivity index (χ3n) is 2.53. The average Bonchev–Trinajstić information content (AvgIpc) is 2.42. The van der Waals surface area contributed by atoms with E-state index < -0.39 is 0 Å². The fraction of sp³-hybridized carbons (Fsp3) is 0. The average molecular weight is 272 g/mol. The van der Waals surface area contributed by atoms with E-state index in [1.165, 1.54) is 6.07 Å². The zero-order chi connectivity index (χ0) is 13.8. The van der Waals surface area contributed by atoms with Gasteiger partial charge < -0.3 is 11.1 Å². The Kier molecular flexibility index (Phi) is 3.69. The molecule has 0 aliphatic carbocycles. The van der Waals surface area contributed by atoms with Crippen LogP contribution in [0.3, 0.4) is 0 Å². The van der Waals surface area contributed by atoms with Crippen molar-refractivity contribution in [3.05, 3.63) is 58.6 Å². The van der Waals surface area contributed by atoms with E-state index in [1.54, 1.807) is 36.4 Å². The lowest BCUT2D eigenvalue weighted by Crippen LogP contribution is -2.13. The number of halogens is 1. The van der Waals surface area contributed by atoms with Crippen molar-refractivity contribution in [2.24, 2.45) is 0 Å². The number of anilines is 2. The lowest BCUT2D eigenvalue weighted by atomic mass is 10.1. The zero-order valence-corrected chi connectivity index (χ0v) is 10.6. The highest BCUT2D eigenvalue weighted by molar-refractivity contribution is 6.31. The molecule has 0 aromatic heterocycles. The van der Waals surface area contributed by atoms with E-state index in [4.69, 9.17) is 22.6 Å². The van der Waals surface area contributed by atoms with Gasteiger partial charge in [-0.3, -0.25) is 4.79 Å². The second-order valence-corrected chi connectivity index (χ2v) is 4.31. The van der Waals surface area contributed by atoms with Crippen LogP contribution in [-0.4, -0.2) is 5.91 Å². The number of amides is 1. The van der Waals surface area contributed by atoms with Crippen LogP contribution in [0.1, 0.15) is 15.9 Å². The summed E-state index contributed by atoms with van der Waals surface area (Å²) in [6.45, 7) is 0. The summed E-state index contributed by atoms with van der Waals surface area (Å²) in [5.41, 5.74) is 7.52. The lowest BCUT2D eigenvalue weighted by Gasteiger charge is -2.08. The summed E-state index contributed by atoms with van der Waals surface area (Å²) in [6.07, 6.45) is 0. The molecule has 0 saturated carbocycles. The predicted molar refractivity (Wildman–Crippen MR) is 75.0 cm³/mol. The summed E-state index contributed by atoms with van der Waals surface area (Å²) in [5.74, 6) is -0.343. The second kappa shape index (κ2) is 5.42. The van der Waals surface area contributed by atoms with E-state index in [1.807, 2.05) is 6.07 Å². The van der Waals surface area contributed by atoms with E-state index >= 15 is 0 Å². The molecule has 2 aromatic rings. The molecule has 0 saturated heterocycles. The van der Waals surface area contributed by atoms with Crippen molar-refractivity contribution in [3.63, 3.8) is 0 Å². The highest BCUT2D eigenvalue weighted by atomic mass is 35.5. The smallest absolute Gasteiger partial charge is 0.257 e. The van der Waals surface area contributed by atoms with Gasteiger partial charge in [-0.1, -0.05) is 11.6 Å². The topological polar surface area (TPSA) is 78.9 Å². The van der Waals surface area contributed by atoms with E-state index in [0.29, 0.717) is 27.5 Å². The maximum absolute atomic E-state index is 12.0. The molecule has 0 radical (unpaired) electrons. The van der Waals surface area contributed by atoms with Crippen LogP contribution in [0.4, 0.5) is 11.4 Å². The van der Waals surface area contributed by atoms with Crippen molar-refractivity contribution in [2.45, 2.75) is 0 Å². The van der Waals surface area contributed by atoms with Crippen LogP contribution in [0.25, 0.3) is 0 Å². The van der Waals surface area contributed by atoms with Crippen LogP contribution in [-0.2, 0) is 0 Å². The molecule has 0 unspecified atom stereocenters. The number of nitrogens with zero attached hydrogens (tertiary/aromatic N) is 1. The standard InChI is InChI=1S/C14H10ClN3O/c15-10-3-6-13(17)12(7-10)14(19)18-11-4-1-9(8-16)2-5-11/h1-7H,17H2,(H,18,19).